The summed E-state index contributed by atoms with van der Waals surface area (Å²) in [5, 5.41) is 23.9. The first kappa shape index (κ1) is 11.5. The fourth-order valence-electron chi connectivity index (χ4n) is 2.80. The quantitative estimate of drug-likeness (QED) is 0.409. The van der Waals surface area contributed by atoms with Crippen LogP contribution in [-0.2, 0) is 0 Å². The lowest BCUT2D eigenvalue weighted by atomic mass is 9.80. The Morgan fingerprint density at radius 2 is 1.50 bits per heavy atom. The highest BCUT2D eigenvalue weighted by Crippen LogP contribution is 2.31. The van der Waals surface area contributed by atoms with Gasteiger partial charge >= 0.3 is 7.12 Å². The standard InChI is InChI=1S/C16H11BO3/c18-17(19)15-9-20-16-13-6-5-10-3-1-2-4-11(10)12(13)7-8-14(15)16/h1-9,18-19H. The molecule has 2 N–H and O–H groups in total. The van der Waals surface area contributed by atoms with Crippen LogP contribution >= 0.6 is 0 Å². The van der Waals surface area contributed by atoms with Crippen LogP contribution in [0.3, 0.4) is 0 Å². The molecule has 4 heteroatoms. The lowest BCUT2D eigenvalue weighted by Gasteiger charge is -2.04. The Kier molecular flexibility index (Phi) is 2.36. The Morgan fingerprint density at radius 3 is 2.35 bits per heavy atom. The molecule has 1 aromatic heterocycles. The Morgan fingerprint density at radius 1 is 0.750 bits per heavy atom. The predicted octanol–water partition coefficient (Wildman–Crippen LogP) is 2.42. The van der Waals surface area contributed by atoms with E-state index in [4.69, 9.17) is 4.42 Å². The average molecular weight is 262 g/mol. The van der Waals surface area contributed by atoms with Crippen molar-refractivity contribution in [3.05, 3.63) is 54.8 Å². The molecule has 96 valence electrons. The largest absolute Gasteiger partial charge is 0.492 e. The first-order valence-corrected chi connectivity index (χ1v) is 6.43. The second kappa shape index (κ2) is 4.10. The lowest BCUT2D eigenvalue weighted by Crippen LogP contribution is -2.28. The second-order valence-corrected chi connectivity index (χ2v) is 4.89. The zero-order chi connectivity index (χ0) is 13.7. The van der Waals surface area contributed by atoms with Crippen molar-refractivity contribution in [2.75, 3.05) is 0 Å². The van der Waals surface area contributed by atoms with Crippen molar-refractivity contribution in [2.45, 2.75) is 0 Å². The van der Waals surface area contributed by atoms with Crippen LogP contribution in [-0.4, -0.2) is 17.2 Å². The molecule has 0 atom stereocenters. The molecule has 4 aromatic rings. The third kappa shape index (κ3) is 1.49. The molecule has 0 aliphatic heterocycles. The molecule has 0 fully saturated rings. The van der Waals surface area contributed by atoms with E-state index in [9.17, 15) is 10.0 Å². The maximum Gasteiger partial charge on any atom is 0.492 e. The van der Waals surface area contributed by atoms with E-state index in [1.807, 2.05) is 30.3 Å². The summed E-state index contributed by atoms with van der Waals surface area (Å²) in [5.74, 6) is 0. The highest BCUT2D eigenvalue weighted by molar-refractivity contribution is 6.62. The molecule has 3 aromatic carbocycles. The minimum Gasteiger partial charge on any atom is -0.464 e. The van der Waals surface area contributed by atoms with Gasteiger partial charge in [0, 0.05) is 16.2 Å². The third-order valence-electron chi connectivity index (χ3n) is 3.77. The number of benzene rings is 3. The molecule has 20 heavy (non-hydrogen) atoms. The van der Waals surface area contributed by atoms with E-state index in [0.717, 1.165) is 21.5 Å². The summed E-state index contributed by atoms with van der Waals surface area (Å²) in [7, 11) is -1.52. The lowest BCUT2D eigenvalue weighted by molar-refractivity contribution is 0.425. The molecule has 3 nitrogen and oxygen atoms in total. The van der Waals surface area contributed by atoms with Crippen molar-refractivity contribution in [1.29, 1.82) is 0 Å². The van der Waals surface area contributed by atoms with Gasteiger partial charge in [0.15, 0.2) is 0 Å². The summed E-state index contributed by atoms with van der Waals surface area (Å²) < 4.78 is 5.55. The van der Waals surface area contributed by atoms with Crippen molar-refractivity contribution < 1.29 is 14.5 Å². The van der Waals surface area contributed by atoms with Gasteiger partial charge in [-0.3, -0.25) is 0 Å². The van der Waals surface area contributed by atoms with Crippen LogP contribution in [0.2, 0.25) is 0 Å². The van der Waals surface area contributed by atoms with Gasteiger partial charge in [-0.25, -0.2) is 0 Å². The van der Waals surface area contributed by atoms with Crippen LogP contribution in [0.5, 0.6) is 0 Å². The summed E-state index contributed by atoms with van der Waals surface area (Å²) in [5.41, 5.74) is 1.09. The number of furan rings is 1. The van der Waals surface area contributed by atoms with Gasteiger partial charge in [0.25, 0.3) is 0 Å². The molecule has 1 heterocycles. The van der Waals surface area contributed by atoms with E-state index in [-0.39, 0.29) is 0 Å². The highest BCUT2D eigenvalue weighted by atomic mass is 16.4. The summed E-state index contributed by atoms with van der Waals surface area (Å²) in [6.45, 7) is 0. The molecule has 0 unspecified atom stereocenters. The van der Waals surface area contributed by atoms with Crippen LogP contribution in [0.1, 0.15) is 0 Å². The van der Waals surface area contributed by atoms with Gasteiger partial charge in [-0.15, -0.1) is 0 Å². The Labute approximate surface area is 115 Å². The summed E-state index contributed by atoms with van der Waals surface area (Å²) in [6.07, 6.45) is 1.41. The molecule has 0 spiro atoms. The van der Waals surface area contributed by atoms with Gasteiger partial charge in [-0.2, -0.15) is 0 Å². The fourth-order valence-corrected chi connectivity index (χ4v) is 2.80. The molecule has 0 saturated heterocycles. The minimum absolute atomic E-state index is 0.398. The van der Waals surface area contributed by atoms with Crippen LogP contribution in [0.25, 0.3) is 32.5 Å². The summed E-state index contributed by atoms with van der Waals surface area (Å²) >= 11 is 0. The molecular formula is C16H11BO3. The van der Waals surface area contributed by atoms with Gasteiger partial charge in [0.1, 0.15) is 5.58 Å². The summed E-state index contributed by atoms with van der Waals surface area (Å²) in [4.78, 5) is 0. The Bertz CT molecular complexity index is 940. The molecule has 0 saturated carbocycles. The maximum absolute atomic E-state index is 9.35. The van der Waals surface area contributed by atoms with E-state index >= 15 is 0 Å². The van der Waals surface area contributed by atoms with Crippen LogP contribution in [0.15, 0.2) is 59.2 Å². The molecule has 4 rings (SSSR count). The van der Waals surface area contributed by atoms with Crippen molar-refractivity contribution in [3.63, 3.8) is 0 Å². The van der Waals surface area contributed by atoms with Crippen LogP contribution in [0, 0.1) is 0 Å². The molecule has 0 amide bonds. The van der Waals surface area contributed by atoms with E-state index < -0.39 is 7.12 Å². The van der Waals surface area contributed by atoms with Gasteiger partial charge < -0.3 is 14.5 Å². The van der Waals surface area contributed by atoms with Gasteiger partial charge in [-0.05, 0) is 22.2 Å². The predicted molar refractivity (Wildman–Crippen MR) is 81.1 cm³/mol. The number of hydrogen-bond donors (Lipinski definition) is 2. The highest BCUT2D eigenvalue weighted by Gasteiger charge is 2.19. The Hall–Kier alpha value is -2.30. The van der Waals surface area contributed by atoms with Gasteiger partial charge in [0.2, 0.25) is 0 Å². The van der Waals surface area contributed by atoms with Crippen molar-refractivity contribution in [3.8, 4) is 0 Å². The Balaban J connectivity index is 2.18. The van der Waals surface area contributed by atoms with Gasteiger partial charge in [0.05, 0.1) is 6.26 Å². The fraction of sp³-hybridized carbons (Fsp3) is 0. The van der Waals surface area contributed by atoms with Crippen molar-refractivity contribution in [2.24, 2.45) is 0 Å². The number of fused-ring (bicyclic) bond motifs is 5. The first-order valence-electron chi connectivity index (χ1n) is 6.43. The van der Waals surface area contributed by atoms with E-state index in [1.54, 1.807) is 0 Å². The van der Waals surface area contributed by atoms with Crippen molar-refractivity contribution in [1.82, 2.24) is 0 Å². The summed E-state index contributed by atoms with van der Waals surface area (Å²) in [6, 6.07) is 16.1. The number of hydrogen-bond acceptors (Lipinski definition) is 3. The normalized spacial score (nSPS) is 11.5. The smallest absolute Gasteiger partial charge is 0.464 e. The third-order valence-corrected chi connectivity index (χ3v) is 3.77. The van der Waals surface area contributed by atoms with E-state index in [2.05, 4.69) is 18.2 Å². The first-order chi connectivity index (χ1) is 9.75. The molecule has 0 aliphatic rings. The van der Waals surface area contributed by atoms with Gasteiger partial charge in [-0.1, -0.05) is 42.5 Å². The number of rotatable bonds is 1. The monoisotopic (exact) mass is 262 g/mol. The maximum atomic E-state index is 9.35. The molecule has 0 bridgehead atoms. The average Bonchev–Trinajstić information content (AvgIpc) is 2.91. The topological polar surface area (TPSA) is 53.6 Å². The molecule has 0 aliphatic carbocycles. The van der Waals surface area contributed by atoms with E-state index in [0.29, 0.717) is 11.0 Å². The molecular weight excluding hydrogens is 251 g/mol. The van der Waals surface area contributed by atoms with Crippen LogP contribution < -0.4 is 5.46 Å². The molecule has 0 radical (unpaired) electrons. The zero-order valence-corrected chi connectivity index (χ0v) is 10.6. The van der Waals surface area contributed by atoms with Crippen LogP contribution in [0.4, 0.5) is 0 Å². The van der Waals surface area contributed by atoms with Crippen molar-refractivity contribution >= 4 is 45.1 Å². The second-order valence-electron chi connectivity index (χ2n) is 4.89. The zero-order valence-electron chi connectivity index (χ0n) is 10.6. The van der Waals surface area contributed by atoms with E-state index in [1.165, 1.54) is 11.6 Å². The SMILES string of the molecule is OB(O)c1coc2c1ccc1c3ccccc3ccc12. The minimum atomic E-state index is -1.52.